The van der Waals surface area contributed by atoms with Crippen molar-refractivity contribution in [2.75, 3.05) is 51.9 Å². The van der Waals surface area contributed by atoms with Crippen molar-refractivity contribution >= 4 is 11.6 Å². The van der Waals surface area contributed by atoms with Crippen LogP contribution in [0.5, 0.6) is 5.75 Å². The molecule has 35 heavy (non-hydrogen) atoms. The van der Waals surface area contributed by atoms with E-state index in [9.17, 15) is 18.0 Å². The summed E-state index contributed by atoms with van der Waals surface area (Å²) in [5.74, 6) is 0.558. The van der Waals surface area contributed by atoms with Gasteiger partial charge in [-0.2, -0.15) is 18.4 Å². The quantitative estimate of drug-likeness (QED) is 0.617. The Hall–Kier alpha value is -3.25. The van der Waals surface area contributed by atoms with E-state index in [2.05, 4.69) is 0 Å². The Labute approximate surface area is 202 Å². The molecule has 1 spiro atoms. The Balaban J connectivity index is 1.53. The number of halogens is 3. The molecule has 0 N–H and O–H groups in total. The maximum absolute atomic E-state index is 13.4. The molecule has 9 heteroatoms. The minimum Gasteiger partial charge on any atom is -0.496 e. The number of ether oxygens (including phenoxy) is 2. The molecular formula is C26H28F3N3O3. The van der Waals surface area contributed by atoms with Crippen LogP contribution in [-0.4, -0.2) is 57.8 Å². The summed E-state index contributed by atoms with van der Waals surface area (Å²) < 4.78 is 51.2. The third-order valence-corrected chi connectivity index (χ3v) is 7.36. The van der Waals surface area contributed by atoms with E-state index in [0.717, 1.165) is 18.9 Å². The second-order valence-corrected chi connectivity index (χ2v) is 9.23. The molecule has 186 valence electrons. The number of amides is 1. The Kier molecular flexibility index (Phi) is 6.95. The van der Waals surface area contributed by atoms with E-state index in [1.807, 2.05) is 15.9 Å². The Morgan fingerprint density at radius 3 is 2.51 bits per heavy atom. The second-order valence-electron chi connectivity index (χ2n) is 9.23. The number of carbonyl (C=O) groups excluding carboxylic acids is 1. The van der Waals surface area contributed by atoms with E-state index < -0.39 is 11.7 Å². The molecular weight excluding hydrogens is 459 g/mol. The molecule has 2 saturated heterocycles. The fourth-order valence-electron chi connectivity index (χ4n) is 5.45. The van der Waals surface area contributed by atoms with Crippen LogP contribution in [0, 0.1) is 22.7 Å². The summed E-state index contributed by atoms with van der Waals surface area (Å²) in [6, 6.07) is 12.6. The van der Waals surface area contributed by atoms with Crippen molar-refractivity contribution in [2.24, 2.45) is 11.3 Å². The summed E-state index contributed by atoms with van der Waals surface area (Å²) >= 11 is 0. The Morgan fingerprint density at radius 1 is 1.17 bits per heavy atom. The highest BCUT2D eigenvalue weighted by molar-refractivity contribution is 5.97. The standard InChI is InChI=1S/C26H28F3N3O3/c1-34-16-19-15-32(24(33)21-5-3-4-6-23(21)35-2)17-25(19)9-11-31(12-10-25)20-8-7-18(14-30)22(13-20)26(27,28)29/h3-8,13,19H,9-12,15-17H2,1-2H3. The smallest absolute Gasteiger partial charge is 0.417 e. The van der Waals surface area contributed by atoms with Crippen molar-refractivity contribution in [3.63, 3.8) is 0 Å². The molecule has 1 amide bonds. The first-order valence-corrected chi connectivity index (χ1v) is 11.5. The fraction of sp³-hybridized carbons (Fsp3) is 0.462. The molecule has 0 aromatic heterocycles. The summed E-state index contributed by atoms with van der Waals surface area (Å²) in [7, 11) is 3.18. The third-order valence-electron chi connectivity index (χ3n) is 7.36. The Morgan fingerprint density at radius 2 is 1.89 bits per heavy atom. The zero-order chi connectivity index (χ0) is 25.2. The van der Waals surface area contributed by atoms with Gasteiger partial charge in [0, 0.05) is 44.9 Å². The summed E-state index contributed by atoms with van der Waals surface area (Å²) in [6.45, 7) is 2.73. The molecule has 2 heterocycles. The normalized spacial score (nSPS) is 19.6. The van der Waals surface area contributed by atoms with Gasteiger partial charge in [0.05, 0.1) is 36.5 Å². The van der Waals surface area contributed by atoms with Crippen LogP contribution >= 0.6 is 0 Å². The number of rotatable bonds is 5. The number of carbonyl (C=O) groups is 1. The van der Waals surface area contributed by atoms with Gasteiger partial charge >= 0.3 is 6.18 Å². The maximum Gasteiger partial charge on any atom is 0.417 e. The van der Waals surface area contributed by atoms with Crippen LogP contribution in [0.4, 0.5) is 18.9 Å². The van der Waals surface area contributed by atoms with Gasteiger partial charge in [-0.15, -0.1) is 0 Å². The van der Waals surface area contributed by atoms with Gasteiger partial charge in [0.2, 0.25) is 0 Å². The summed E-state index contributed by atoms with van der Waals surface area (Å²) in [6.07, 6.45) is -3.15. The molecule has 2 aromatic rings. The van der Waals surface area contributed by atoms with Crippen molar-refractivity contribution in [1.82, 2.24) is 4.90 Å². The Bertz CT molecular complexity index is 1120. The van der Waals surface area contributed by atoms with E-state index in [1.54, 1.807) is 37.4 Å². The van der Waals surface area contributed by atoms with Crippen LogP contribution in [-0.2, 0) is 10.9 Å². The lowest BCUT2D eigenvalue weighted by molar-refractivity contribution is -0.137. The maximum atomic E-state index is 13.4. The fourth-order valence-corrected chi connectivity index (χ4v) is 5.45. The minimum absolute atomic E-state index is 0.0928. The summed E-state index contributed by atoms with van der Waals surface area (Å²) in [5, 5.41) is 9.07. The van der Waals surface area contributed by atoms with Crippen molar-refractivity contribution in [3.8, 4) is 11.8 Å². The van der Waals surface area contributed by atoms with Gasteiger partial charge in [-0.05, 0) is 48.6 Å². The molecule has 2 aliphatic heterocycles. The predicted octanol–water partition coefficient (Wildman–Crippen LogP) is 4.59. The van der Waals surface area contributed by atoms with E-state index >= 15 is 0 Å². The largest absolute Gasteiger partial charge is 0.496 e. The molecule has 2 fully saturated rings. The van der Waals surface area contributed by atoms with Crippen molar-refractivity contribution < 1.29 is 27.4 Å². The molecule has 1 unspecified atom stereocenters. The van der Waals surface area contributed by atoms with Crippen LogP contribution in [0.15, 0.2) is 42.5 Å². The first kappa shape index (κ1) is 24.9. The molecule has 1 atom stereocenters. The third kappa shape index (κ3) is 4.80. The number of benzene rings is 2. The highest BCUT2D eigenvalue weighted by Crippen LogP contribution is 2.46. The van der Waals surface area contributed by atoms with Gasteiger partial charge in [0.1, 0.15) is 5.75 Å². The van der Waals surface area contributed by atoms with Gasteiger partial charge in [0.15, 0.2) is 0 Å². The molecule has 2 aromatic carbocycles. The first-order chi connectivity index (χ1) is 16.7. The molecule has 4 rings (SSSR count). The SMILES string of the molecule is COCC1CN(C(=O)c2ccccc2OC)CC12CCN(c1ccc(C#N)c(C(F)(F)F)c1)CC2. The monoisotopic (exact) mass is 487 g/mol. The van der Waals surface area contributed by atoms with Crippen molar-refractivity contribution in [2.45, 2.75) is 19.0 Å². The highest BCUT2D eigenvalue weighted by atomic mass is 19.4. The summed E-state index contributed by atoms with van der Waals surface area (Å²) in [5.41, 5.74) is -0.503. The van der Waals surface area contributed by atoms with Crippen LogP contribution < -0.4 is 9.64 Å². The number of nitrogens with zero attached hydrogens (tertiary/aromatic N) is 3. The van der Waals surface area contributed by atoms with E-state index in [-0.39, 0.29) is 22.8 Å². The predicted molar refractivity (Wildman–Crippen MR) is 124 cm³/mol. The van der Waals surface area contributed by atoms with Crippen molar-refractivity contribution in [1.29, 1.82) is 5.26 Å². The number of anilines is 1. The molecule has 0 radical (unpaired) electrons. The van der Waals surface area contributed by atoms with Gasteiger partial charge in [-0.3, -0.25) is 4.79 Å². The minimum atomic E-state index is -4.59. The average molecular weight is 488 g/mol. The summed E-state index contributed by atoms with van der Waals surface area (Å²) in [4.78, 5) is 17.1. The topological polar surface area (TPSA) is 65.8 Å². The first-order valence-electron chi connectivity index (χ1n) is 11.5. The van der Waals surface area contributed by atoms with Crippen LogP contribution in [0.1, 0.15) is 34.3 Å². The number of methoxy groups -OCH3 is 2. The lowest BCUT2D eigenvalue weighted by atomic mass is 9.71. The molecule has 6 nitrogen and oxygen atoms in total. The second kappa shape index (κ2) is 9.78. The van der Waals surface area contributed by atoms with Crippen LogP contribution in [0.2, 0.25) is 0 Å². The van der Waals surface area contributed by atoms with Crippen LogP contribution in [0.25, 0.3) is 0 Å². The number of piperidine rings is 1. The van der Waals surface area contributed by atoms with Gasteiger partial charge < -0.3 is 19.3 Å². The zero-order valence-corrected chi connectivity index (χ0v) is 19.8. The van der Waals surface area contributed by atoms with E-state index in [0.29, 0.717) is 49.8 Å². The molecule has 0 aliphatic carbocycles. The average Bonchev–Trinajstić information content (AvgIpc) is 3.20. The lowest BCUT2D eigenvalue weighted by Gasteiger charge is -2.43. The van der Waals surface area contributed by atoms with Crippen LogP contribution in [0.3, 0.4) is 0 Å². The van der Waals surface area contributed by atoms with Gasteiger partial charge in [0.25, 0.3) is 5.91 Å². The van der Waals surface area contributed by atoms with Gasteiger partial charge in [-0.25, -0.2) is 0 Å². The number of para-hydroxylation sites is 1. The van der Waals surface area contributed by atoms with E-state index in [1.165, 1.54) is 13.2 Å². The molecule has 0 bridgehead atoms. The number of alkyl halides is 3. The number of likely N-dealkylation sites (tertiary alicyclic amines) is 1. The number of hydrogen-bond donors (Lipinski definition) is 0. The lowest BCUT2D eigenvalue weighted by Crippen LogP contribution is -2.45. The van der Waals surface area contributed by atoms with E-state index in [4.69, 9.17) is 14.7 Å². The van der Waals surface area contributed by atoms with Crippen molar-refractivity contribution in [3.05, 3.63) is 59.2 Å². The highest BCUT2D eigenvalue weighted by Gasteiger charge is 2.49. The zero-order valence-electron chi connectivity index (χ0n) is 19.8. The number of hydrogen-bond acceptors (Lipinski definition) is 5. The number of nitriles is 1. The molecule has 0 saturated carbocycles. The van der Waals surface area contributed by atoms with Gasteiger partial charge in [-0.1, -0.05) is 12.1 Å². The molecule has 2 aliphatic rings.